The number of benzene rings is 4. The maximum absolute atomic E-state index is 12.5. The molecule has 0 heterocycles. The first kappa shape index (κ1) is 87.8. The fourth-order valence-electron chi connectivity index (χ4n) is 10.7. The Kier molecular flexibility index (Phi) is 50.1. The average molecular weight is 1340 g/mol. The number of nitrogens with zero attached hydrogens (tertiary/aromatic N) is 8. The third kappa shape index (κ3) is 39.3. The van der Waals surface area contributed by atoms with Crippen LogP contribution in [0, 0.1) is 0 Å². The van der Waals surface area contributed by atoms with E-state index in [4.69, 9.17) is 18.9 Å². The number of ether oxygens (including phenoxy) is 4. The molecule has 0 radical (unpaired) electrons. The van der Waals surface area contributed by atoms with Crippen LogP contribution < -0.4 is 19.6 Å². The quantitative estimate of drug-likeness (QED) is 0.0236. The Balaban J connectivity index is 0.000000652. The summed E-state index contributed by atoms with van der Waals surface area (Å²) in [5, 5.41) is 0. The topological polar surface area (TPSA) is 131 Å². The van der Waals surface area contributed by atoms with E-state index in [-0.39, 0.29) is 23.9 Å². The molecule has 0 aliphatic rings. The van der Waals surface area contributed by atoms with Crippen LogP contribution in [0.3, 0.4) is 0 Å². The highest BCUT2D eigenvalue weighted by Gasteiger charge is 2.17. The lowest BCUT2D eigenvalue weighted by Crippen LogP contribution is -2.39. The van der Waals surface area contributed by atoms with E-state index in [1.54, 1.807) is 12.1 Å². The van der Waals surface area contributed by atoms with Crippen molar-refractivity contribution in [2.45, 2.75) is 198 Å². The molecule has 0 saturated heterocycles. The van der Waals surface area contributed by atoms with Gasteiger partial charge in [-0.1, -0.05) is 120 Å². The van der Waals surface area contributed by atoms with Crippen LogP contribution in [0.1, 0.15) is 227 Å². The molecular weight excluding hydrogens is 1200 g/mol. The molecule has 0 N–H and O–H groups in total. The molecule has 96 heavy (non-hydrogen) atoms. The van der Waals surface area contributed by atoms with Crippen LogP contribution in [0.15, 0.2) is 97.1 Å². The van der Waals surface area contributed by atoms with Gasteiger partial charge in [-0.3, -0.25) is 4.90 Å². The van der Waals surface area contributed by atoms with Crippen molar-refractivity contribution >= 4 is 46.6 Å². The van der Waals surface area contributed by atoms with Gasteiger partial charge in [0.15, 0.2) is 0 Å². The molecule has 0 aromatic heterocycles. The lowest BCUT2D eigenvalue weighted by Gasteiger charge is -2.30. The van der Waals surface area contributed by atoms with Crippen molar-refractivity contribution in [1.82, 2.24) is 19.6 Å². The molecule has 0 fully saturated rings. The lowest BCUT2D eigenvalue weighted by molar-refractivity contribution is 0.0415. The standard InChI is InChI=1S/C27H48N2O2.C21H36N2O2.C19H32N2O2.C13H20N2O2/c1-7-9-11-13-19-28(20-14-12-10-8-2)26-17-15-25(16-18-26)27(30)31-22-21-29(23(3)4)24(5)6;1-5-7-9-15-23(16-10-8-6-2)20-13-11-19(12-14-20)21(24)25-18-17-22(3)4;1-5-13-21(14-6-2)18-11-9-17(10-12-18)19(22)23-16-15-20(7-3)8-4;1-14(2)9-10-17-13(16)11-5-7-12(8-6-11)15(3)4/h15-18,23-24H,7-14,19-22H2,1-6H3;11-14H,5-10,15-18H2,1-4H3;9-12H,5-8,13-16H2,1-4H3;5-8H,9-10H2,1-4H3. The molecule has 0 aliphatic carbocycles. The summed E-state index contributed by atoms with van der Waals surface area (Å²) in [6.07, 6.45) is 19.9. The Morgan fingerprint density at radius 3 is 0.823 bits per heavy atom. The molecule has 0 aliphatic heterocycles. The maximum atomic E-state index is 12.5. The molecule has 0 spiro atoms. The molecule has 0 atom stereocenters. The number of hydrogen-bond acceptors (Lipinski definition) is 16. The Bertz CT molecular complexity index is 2520. The highest BCUT2D eigenvalue weighted by molar-refractivity contribution is 5.91. The number of anilines is 4. The number of unbranched alkanes of at least 4 members (excludes halogenated alkanes) is 10. The van der Waals surface area contributed by atoms with Gasteiger partial charge in [-0.15, -0.1) is 0 Å². The first-order chi connectivity index (χ1) is 46.1. The van der Waals surface area contributed by atoms with Gasteiger partial charge < -0.3 is 53.2 Å². The minimum Gasteiger partial charge on any atom is -0.461 e. The molecular formula is C80H136N8O8. The van der Waals surface area contributed by atoms with Crippen molar-refractivity contribution < 1.29 is 38.1 Å². The predicted molar refractivity (Wildman–Crippen MR) is 408 cm³/mol. The number of likely N-dealkylation sites (N-methyl/N-ethyl adjacent to an activating group) is 3. The van der Waals surface area contributed by atoms with Crippen LogP contribution in [0.5, 0.6) is 0 Å². The van der Waals surface area contributed by atoms with Crippen LogP contribution >= 0.6 is 0 Å². The Hall–Kier alpha value is -6.20. The number of hydrogen-bond donors (Lipinski definition) is 0. The van der Waals surface area contributed by atoms with Gasteiger partial charge in [-0.25, -0.2) is 19.2 Å². The molecule has 0 unspecified atom stereocenters. The molecule has 544 valence electrons. The zero-order valence-corrected chi connectivity index (χ0v) is 63.9. The third-order valence-corrected chi connectivity index (χ3v) is 16.6. The van der Waals surface area contributed by atoms with Gasteiger partial charge in [0.1, 0.15) is 26.4 Å². The van der Waals surface area contributed by atoms with E-state index in [0.29, 0.717) is 60.8 Å². The van der Waals surface area contributed by atoms with Crippen molar-refractivity contribution in [2.75, 3.05) is 167 Å². The molecule has 0 amide bonds. The van der Waals surface area contributed by atoms with Crippen molar-refractivity contribution in [3.63, 3.8) is 0 Å². The second-order valence-electron chi connectivity index (χ2n) is 26.2. The van der Waals surface area contributed by atoms with Gasteiger partial charge in [0.05, 0.1) is 22.3 Å². The maximum Gasteiger partial charge on any atom is 0.338 e. The summed E-state index contributed by atoms with van der Waals surface area (Å²) in [7, 11) is 11.7. The lowest BCUT2D eigenvalue weighted by atomic mass is 10.1. The number of carbonyl (C=O) groups is 4. The summed E-state index contributed by atoms with van der Waals surface area (Å²) in [5.74, 6) is -0.966. The summed E-state index contributed by atoms with van der Waals surface area (Å²) >= 11 is 0. The van der Waals surface area contributed by atoms with Crippen LogP contribution in [-0.2, 0) is 18.9 Å². The average Bonchev–Trinajstić information content (AvgIpc) is 0.980. The second kappa shape index (κ2) is 54.8. The summed E-state index contributed by atoms with van der Waals surface area (Å²) in [6, 6.07) is 32.0. The summed E-state index contributed by atoms with van der Waals surface area (Å²) in [6.45, 7) is 39.4. The minimum absolute atomic E-state index is 0.226. The van der Waals surface area contributed by atoms with Crippen LogP contribution in [0.2, 0.25) is 0 Å². The van der Waals surface area contributed by atoms with E-state index in [0.717, 1.165) is 97.1 Å². The van der Waals surface area contributed by atoms with E-state index >= 15 is 0 Å². The van der Waals surface area contributed by atoms with Crippen molar-refractivity contribution in [1.29, 1.82) is 0 Å². The van der Waals surface area contributed by atoms with Gasteiger partial charge in [0.25, 0.3) is 0 Å². The highest BCUT2D eigenvalue weighted by atomic mass is 16.5. The molecule has 16 nitrogen and oxygen atoms in total. The third-order valence-electron chi connectivity index (χ3n) is 16.6. The van der Waals surface area contributed by atoms with E-state index in [1.165, 1.54) is 107 Å². The number of rotatable bonds is 46. The Labute approximate surface area is 585 Å². The van der Waals surface area contributed by atoms with E-state index in [1.807, 2.05) is 118 Å². The Morgan fingerprint density at radius 2 is 0.562 bits per heavy atom. The summed E-state index contributed by atoms with van der Waals surface area (Å²) in [4.78, 5) is 66.1. The van der Waals surface area contributed by atoms with Crippen molar-refractivity contribution in [3.05, 3.63) is 119 Å². The predicted octanol–water partition coefficient (Wildman–Crippen LogP) is 16.8. The normalized spacial score (nSPS) is 11.0. The van der Waals surface area contributed by atoms with Gasteiger partial charge >= 0.3 is 23.9 Å². The van der Waals surface area contributed by atoms with Crippen LogP contribution in [0.4, 0.5) is 22.7 Å². The first-order valence-corrected chi connectivity index (χ1v) is 36.9. The molecule has 4 aromatic carbocycles. The second-order valence-corrected chi connectivity index (χ2v) is 26.2. The molecule has 16 heteroatoms. The number of esters is 4. The van der Waals surface area contributed by atoms with Gasteiger partial charge in [-0.05, 0) is 205 Å². The SMILES string of the molecule is CCCCCCN(CCCCCC)c1ccc(C(=O)OCCN(C(C)C)C(C)C)cc1.CCCCCN(CCCCC)c1ccc(C(=O)OCCN(C)C)cc1.CCCN(CCC)c1ccc(C(=O)OCCN(CC)CC)cc1.CN(C)CCOC(=O)c1ccc(N(C)C)cc1. The molecule has 0 saturated carbocycles. The fraction of sp³-hybridized carbons (Fsp3) is 0.650. The van der Waals surface area contributed by atoms with Crippen molar-refractivity contribution in [2.24, 2.45) is 0 Å². The van der Waals surface area contributed by atoms with E-state index < -0.39 is 0 Å². The van der Waals surface area contributed by atoms with E-state index in [9.17, 15) is 19.2 Å². The molecule has 4 aromatic rings. The zero-order chi connectivity index (χ0) is 71.5. The van der Waals surface area contributed by atoms with Crippen molar-refractivity contribution in [3.8, 4) is 0 Å². The van der Waals surface area contributed by atoms with E-state index in [2.05, 4.69) is 132 Å². The Morgan fingerprint density at radius 1 is 0.302 bits per heavy atom. The van der Waals surface area contributed by atoms with Gasteiger partial charge in [-0.2, -0.15) is 0 Å². The highest BCUT2D eigenvalue weighted by Crippen LogP contribution is 2.22. The van der Waals surface area contributed by atoms with Gasteiger partial charge in [0.2, 0.25) is 0 Å². The first-order valence-electron chi connectivity index (χ1n) is 36.9. The van der Waals surface area contributed by atoms with Crippen LogP contribution in [0.25, 0.3) is 0 Å². The van der Waals surface area contributed by atoms with Crippen LogP contribution in [-0.4, -0.2) is 203 Å². The largest absolute Gasteiger partial charge is 0.461 e. The summed E-state index contributed by atoms with van der Waals surface area (Å²) in [5.41, 5.74) is 7.15. The summed E-state index contributed by atoms with van der Waals surface area (Å²) < 4.78 is 21.4. The smallest absolute Gasteiger partial charge is 0.338 e. The molecule has 0 bridgehead atoms. The number of carbonyl (C=O) groups excluding carboxylic acids is 4. The monoisotopic (exact) mass is 1340 g/mol. The van der Waals surface area contributed by atoms with Gasteiger partial charge in [0, 0.05) is 114 Å². The minimum atomic E-state index is -0.267. The zero-order valence-electron chi connectivity index (χ0n) is 63.9. The fourth-order valence-corrected chi connectivity index (χ4v) is 10.7. The molecule has 4 rings (SSSR count).